The number of fused-ring (bicyclic) bond motifs is 1. The molecule has 0 saturated carbocycles. The standard InChI is InChI=1S/C10H9NO2S/c11-10(12)6-14-9-5-13-8-4-2-1-3-7(8)9/h1-5H,6H2,(H2,11,12). The topological polar surface area (TPSA) is 56.2 Å². The summed E-state index contributed by atoms with van der Waals surface area (Å²) in [6.07, 6.45) is 1.65. The van der Waals surface area contributed by atoms with Crippen LogP contribution in [-0.2, 0) is 4.79 Å². The summed E-state index contributed by atoms with van der Waals surface area (Å²) in [6, 6.07) is 7.70. The molecule has 1 amide bonds. The summed E-state index contributed by atoms with van der Waals surface area (Å²) in [5.41, 5.74) is 5.90. The van der Waals surface area contributed by atoms with Crippen molar-refractivity contribution >= 4 is 28.6 Å². The highest BCUT2D eigenvalue weighted by atomic mass is 32.2. The van der Waals surface area contributed by atoms with E-state index in [4.69, 9.17) is 10.2 Å². The first-order chi connectivity index (χ1) is 6.77. The highest BCUT2D eigenvalue weighted by Crippen LogP contribution is 2.29. The van der Waals surface area contributed by atoms with Crippen molar-refractivity contribution in [1.29, 1.82) is 0 Å². The highest BCUT2D eigenvalue weighted by molar-refractivity contribution is 8.00. The molecule has 0 radical (unpaired) electrons. The van der Waals surface area contributed by atoms with Gasteiger partial charge in [-0.05, 0) is 12.1 Å². The molecule has 0 spiro atoms. The zero-order valence-electron chi connectivity index (χ0n) is 7.40. The summed E-state index contributed by atoms with van der Waals surface area (Å²) in [7, 11) is 0. The van der Waals surface area contributed by atoms with Crippen molar-refractivity contribution in [2.75, 3.05) is 5.75 Å². The predicted molar refractivity (Wildman–Crippen MR) is 56.1 cm³/mol. The molecule has 0 aliphatic rings. The van der Waals surface area contributed by atoms with Gasteiger partial charge in [-0.15, -0.1) is 11.8 Å². The number of hydrogen-bond acceptors (Lipinski definition) is 3. The molecule has 1 aromatic carbocycles. The fourth-order valence-corrected chi connectivity index (χ4v) is 1.95. The van der Waals surface area contributed by atoms with E-state index >= 15 is 0 Å². The van der Waals surface area contributed by atoms with E-state index in [2.05, 4.69) is 0 Å². The number of benzene rings is 1. The van der Waals surface area contributed by atoms with Crippen LogP contribution in [-0.4, -0.2) is 11.7 Å². The SMILES string of the molecule is NC(=O)CSc1coc2ccccc12. The van der Waals surface area contributed by atoms with Gasteiger partial charge in [-0.1, -0.05) is 12.1 Å². The van der Waals surface area contributed by atoms with Gasteiger partial charge in [0.05, 0.1) is 10.6 Å². The first-order valence-corrected chi connectivity index (χ1v) is 5.13. The van der Waals surface area contributed by atoms with Crippen LogP contribution in [0.1, 0.15) is 0 Å². The van der Waals surface area contributed by atoms with E-state index in [1.54, 1.807) is 6.26 Å². The molecule has 0 unspecified atom stereocenters. The van der Waals surface area contributed by atoms with Crippen LogP contribution in [0.4, 0.5) is 0 Å². The molecule has 72 valence electrons. The fourth-order valence-electron chi connectivity index (χ4n) is 1.21. The normalized spacial score (nSPS) is 10.6. The number of hydrogen-bond donors (Lipinski definition) is 1. The van der Waals surface area contributed by atoms with Crippen LogP contribution < -0.4 is 5.73 Å². The molecule has 3 nitrogen and oxygen atoms in total. The van der Waals surface area contributed by atoms with Crippen LogP contribution >= 0.6 is 11.8 Å². The van der Waals surface area contributed by atoms with Crippen LogP contribution in [0.3, 0.4) is 0 Å². The number of amides is 1. The smallest absolute Gasteiger partial charge is 0.227 e. The van der Waals surface area contributed by atoms with E-state index in [9.17, 15) is 4.79 Å². The van der Waals surface area contributed by atoms with E-state index in [1.165, 1.54) is 11.8 Å². The van der Waals surface area contributed by atoms with Crippen LogP contribution in [0, 0.1) is 0 Å². The summed E-state index contributed by atoms with van der Waals surface area (Å²) < 4.78 is 5.31. The molecule has 0 bridgehead atoms. The maximum Gasteiger partial charge on any atom is 0.227 e. The van der Waals surface area contributed by atoms with E-state index in [0.29, 0.717) is 0 Å². The molecule has 2 rings (SSSR count). The molecular weight excluding hydrogens is 198 g/mol. The molecule has 1 aromatic heterocycles. The minimum absolute atomic E-state index is 0.281. The van der Waals surface area contributed by atoms with Crippen LogP contribution in [0.15, 0.2) is 39.8 Å². The maximum absolute atomic E-state index is 10.6. The van der Waals surface area contributed by atoms with Gasteiger partial charge >= 0.3 is 0 Å². The molecular formula is C10H9NO2S. The first kappa shape index (κ1) is 9.15. The maximum atomic E-state index is 10.6. The number of rotatable bonds is 3. The van der Waals surface area contributed by atoms with Crippen molar-refractivity contribution in [2.45, 2.75) is 4.90 Å². The Morgan fingerprint density at radius 3 is 3.00 bits per heavy atom. The van der Waals surface area contributed by atoms with Crippen molar-refractivity contribution in [3.8, 4) is 0 Å². The van der Waals surface area contributed by atoms with Gasteiger partial charge in [-0.3, -0.25) is 4.79 Å². The Morgan fingerprint density at radius 1 is 1.43 bits per heavy atom. The highest BCUT2D eigenvalue weighted by Gasteiger charge is 2.06. The molecule has 14 heavy (non-hydrogen) atoms. The number of para-hydroxylation sites is 1. The van der Waals surface area contributed by atoms with Crippen LogP contribution in [0.2, 0.25) is 0 Å². The van der Waals surface area contributed by atoms with Gasteiger partial charge in [0.25, 0.3) is 0 Å². The fraction of sp³-hybridized carbons (Fsp3) is 0.100. The summed E-state index contributed by atoms with van der Waals surface area (Å²) in [4.78, 5) is 11.6. The molecule has 4 heteroatoms. The minimum atomic E-state index is -0.319. The monoisotopic (exact) mass is 207 g/mol. The van der Waals surface area contributed by atoms with Crippen LogP contribution in [0.5, 0.6) is 0 Å². The lowest BCUT2D eigenvalue weighted by Crippen LogP contribution is -2.12. The van der Waals surface area contributed by atoms with Gasteiger partial charge in [-0.2, -0.15) is 0 Å². The predicted octanol–water partition coefficient (Wildman–Crippen LogP) is 2.01. The quantitative estimate of drug-likeness (QED) is 0.783. The number of primary amides is 1. The minimum Gasteiger partial charge on any atom is -0.463 e. The van der Waals surface area contributed by atoms with Gasteiger partial charge in [-0.25, -0.2) is 0 Å². The summed E-state index contributed by atoms with van der Waals surface area (Å²) in [5.74, 6) is -0.0379. The third-order valence-corrected chi connectivity index (χ3v) is 2.87. The van der Waals surface area contributed by atoms with E-state index < -0.39 is 0 Å². The van der Waals surface area contributed by atoms with E-state index in [-0.39, 0.29) is 11.7 Å². The third kappa shape index (κ3) is 1.75. The lowest BCUT2D eigenvalue weighted by Gasteiger charge is -1.94. The van der Waals surface area contributed by atoms with E-state index in [0.717, 1.165) is 15.9 Å². The Bertz CT molecular complexity index is 464. The van der Waals surface area contributed by atoms with Gasteiger partial charge in [0.1, 0.15) is 11.8 Å². The van der Waals surface area contributed by atoms with Gasteiger partial charge in [0.2, 0.25) is 5.91 Å². The second kappa shape index (κ2) is 3.75. The van der Waals surface area contributed by atoms with Crippen molar-refractivity contribution < 1.29 is 9.21 Å². The van der Waals surface area contributed by atoms with Crippen molar-refractivity contribution in [2.24, 2.45) is 5.73 Å². The zero-order valence-corrected chi connectivity index (χ0v) is 8.21. The van der Waals surface area contributed by atoms with Gasteiger partial charge < -0.3 is 10.2 Å². The van der Waals surface area contributed by atoms with Crippen molar-refractivity contribution in [3.63, 3.8) is 0 Å². The Balaban J connectivity index is 2.29. The first-order valence-electron chi connectivity index (χ1n) is 4.15. The summed E-state index contributed by atoms with van der Waals surface area (Å²) in [5, 5.41) is 1.03. The molecule has 0 saturated heterocycles. The zero-order chi connectivity index (χ0) is 9.97. The van der Waals surface area contributed by atoms with Crippen molar-refractivity contribution in [1.82, 2.24) is 0 Å². The Morgan fingerprint density at radius 2 is 2.21 bits per heavy atom. The number of thioether (sulfide) groups is 1. The molecule has 0 aliphatic carbocycles. The van der Waals surface area contributed by atoms with Crippen LogP contribution in [0.25, 0.3) is 11.0 Å². The number of furan rings is 1. The average Bonchev–Trinajstić information content (AvgIpc) is 2.58. The molecule has 2 aromatic rings. The second-order valence-electron chi connectivity index (χ2n) is 2.85. The summed E-state index contributed by atoms with van der Waals surface area (Å²) in [6.45, 7) is 0. The molecule has 0 atom stereocenters. The Kier molecular flexibility index (Phi) is 2.45. The Hall–Kier alpha value is -1.42. The molecule has 2 N–H and O–H groups in total. The van der Waals surface area contributed by atoms with Gasteiger partial charge in [0, 0.05) is 5.39 Å². The molecule has 0 aliphatic heterocycles. The Labute approximate surface area is 85.3 Å². The number of carbonyl (C=O) groups excluding carboxylic acids is 1. The lowest BCUT2D eigenvalue weighted by atomic mass is 10.3. The lowest BCUT2D eigenvalue weighted by molar-refractivity contribution is -0.115. The molecule has 0 fully saturated rings. The van der Waals surface area contributed by atoms with Crippen molar-refractivity contribution in [3.05, 3.63) is 30.5 Å². The third-order valence-electron chi connectivity index (χ3n) is 1.82. The summed E-state index contributed by atoms with van der Waals surface area (Å²) >= 11 is 1.40. The average molecular weight is 207 g/mol. The van der Waals surface area contributed by atoms with Gasteiger partial charge in [0.15, 0.2) is 0 Å². The number of carbonyl (C=O) groups is 1. The number of nitrogens with two attached hydrogens (primary N) is 1. The largest absolute Gasteiger partial charge is 0.463 e. The van der Waals surface area contributed by atoms with E-state index in [1.807, 2.05) is 24.3 Å². The molecule has 1 heterocycles. The second-order valence-corrected chi connectivity index (χ2v) is 3.87.